The first kappa shape index (κ1) is 11.3. The van der Waals surface area contributed by atoms with Crippen LogP contribution in [0.4, 0.5) is 5.69 Å². The minimum Gasteiger partial charge on any atom is -0.325 e. The number of hydrogen-bond acceptors (Lipinski definition) is 1. The minimum absolute atomic E-state index is 0.0520. The second kappa shape index (κ2) is 4.46. The Morgan fingerprint density at radius 3 is 2.61 bits per heavy atom. The van der Waals surface area contributed by atoms with Crippen LogP contribution in [0.5, 0.6) is 0 Å². The van der Waals surface area contributed by atoms with Crippen molar-refractivity contribution in [3.63, 3.8) is 0 Å². The topological polar surface area (TPSA) is 29.1 Å². The number of carbonyl (C=O) groups is 1. The summed E-state index contributed by atoms with van der Waals surface area (Å²) in [4.78, 5) is 12.0. The number of para-hydroxylation sites is 1. The number of nitrogens with one attached hydrogen (secondary N) is 1. The van der Waals surface area contributed by atoms with Gasteiger partial charge < -0.3 is 5.32 Å². The van der Waals surface area contributed by atoms with Crippen LogP contribution in [-0.4, -0.2) is 5.91 Å². The molecule has 0 aromatic heterocycles. The maximum absolute atomic E-state index is 12.0. The van der Waals surface area contributed by atoms with Crippen LogP contribution in [0.25, 0.3) is 0 Å². The lowest BCUT2D eigenvalue weighted by atomic mass is 9.93. The molecule has 0 saturated heterocycles. The number of amides is 1. The van der Waals surface area contributed by atoms with Crippen molar-refractivity contribution >= 4 is 23.2 Å². The van der Waals surface area contributed by atoms with E-state index >= 15 is 0 Å². The fourth-order valence-corrected chi connectivity index (χ4v) is 2.58. The number of halogens is 1. The Morgan fingerprint density at radius 1 is 1.06 bits per heavy atom. The smallest absolute Gasteiger partial charge is 0.232 e. The van der Waals surface area contributed by atoms with Crippen LogP contribution >= 0.6 is 11.6 Å². The average molecular weight is 258 g/mol. The van der Waals surface area contributed by atoms with E-state index in [1.54, 1.807) is 0 Å². The zero-order valence-corrected chi connectivity index (χ0v) is 10.4. The molecular weight excluding hydrogens is 246 g/mol. The van der Waals surface area contributed by atoms with Crippen LogP contribution in [0.2, 0.25) is 5.02 Å². The van der Waals surface area contributed by atoms with E-state index in [9.17, 15) is 4.79 Å². The molecule has 0 saturated carbocycles. The standard InChI is InChI=1S/C15H12ClNO/c16-13-7-3-1-5-10(13)9-12-11-6-2-4-8-14(11)17-15(12)18/h1-8,12H,9H2,(H,17,18). The van der Waals surface area contributed by atoms with Crippen molar-refractivity contribution in [3.8, 4) is 0 Å². The third kappa shape index (κ3) is 1.89. The van der Waals surface area contributed by atoms with E-state index in [1.165, 1.54) is 0 Å². The molecule has 1 aliphatic heterocycles. The van der Waals surface area contributed by atoms with Crippen LogP contribution in [-0.2, 0) is 11.2 Å². The van der Waals surface area contributed by atoms with Crippen LogP contribution in [0.15, 0.2) is 48.5 Å². The van der Waals surface area contributed by atoms with Crippen molar-refractivity contribution < 1.29 is 4.79 Å². The van der Waals surface area contributed by atoms with Gasteiger partial charge in [0.2, 0.25) is 5.91 Å². The van der Waals surface area contributed by atoms with Crippen molar-refractivity contribution in [2.45, 2.75) is 12.3 Å². The fraction of sp³-hybridized carbons (Fsp3) is 0.133. The molecule has 3 heteroatoms. The molecular formula is C15H12ClNO. The van der Waals surface area contributed by atoms with Gasteiger partial charge in [0.25, 0.3) is 0 Å². The van der Waals surface area contributed by atoms with E-state index in [4.69, 9.17) is 11.6 Å². The van der Waals surface area contributed by atoms with Gasteiger partial charge in [0.15, 0.2) is 0 Å². The second-order valence-electron chi connectivity index (χ2n) is 4.42. The zero-order valence-electron chi connectivity index (χ0n) is 9.69. The van der Waals surface area contributed by atoms with Crippen molar-refractivity contribution in [2.75, 3.05) is 5.32 Å². The summed E-state index contributed by atoms with van der Waals surface area (Å²) in [5.41, 5.74) is 2.98. The molecule has 0 radical (unpaired) electrons. The van der Waals surface area contributed by atoms with Gasteiger partial charge in [0, 0.05) is 10.7 Å². The Balaban J connectivity index is 1.94. The first-order chi connectivity index (χ1) is 8.75. The number of rotatable bonds is 2. The van der Waals surface area contributed by atoms with Gasteiger partial charge >= 0.3 is 0 Å². The molecule has 1 aliphatic rings. The van der Waals surface area contributed by atoms with E-state index in [-0.39, 0.29) is 11.8 Å². The van der Waals surface area contributed by atoms with Crippen LogP contribution in [0.1, 0.15) is 17.0 Å². The quantitative estimate of drug-likeness (QED) is 0.875. The van der Waals surface area contributed by atoms with Gasteiger partial charge in [0.1, 0.15) is 0 Å². The predicted octanol–water partition coefficient (Wildman–Crippen LogP) is 3.62. The molecule has 2 nitrogen and oxygen atoms in total. The molecule has 90 valence electrons. The summed E-state index contributed by atoms with van der Waals surface area (Å²) >= 11 is 6.15. The third-order valence-electron chi connectivity index (χ3n) is 3.29. The highest BCUT2D eigenvalue weighted by molar-refractivity contribution is 6.31. The maximum atomic E-state index is 12.0. The summed E-state index contributed by atoms with van der Waals surface area (Å²) in [6, 6.07) is 15.5. The highest BCUT2D eigenvalue weighted by Crippen LogP contribution is 2.35. The van der Waals surface area contributed by atoms with Gasteiger partial charge in [-0.25, -0.2) is 0 Å². The Kier molecular flexibility index (Phi) is 2.80. The first-order valence-corrected chi connectivity index (χ1v) is 6.26. The second-order valence-corrected chi connectivity index (χ2v) is 4.83. The molecule has 18 heavy (non-hydrogen) atoms. The van der Waals surface area contributed by atoms with E-state index in [1.807, 2.05) is 48.5 Å². The van der Waals surface area contributed by atoms with Crippen LogP contribution in [0, 0.1) is 0 Å². The van der Waals surface area contributed by atoms with E-state index < -0.39 is 0 Å². The summed E-state index contributed by atoms with van der Waals surface area (Å²) in [5, 5.41) is 3.62. The normalized spacial score (nSPS) is 17.4. The largest absolute Gasteiger partial charge is 0.325 e. The maximum Gasteiger partial charge on any atom is 0.232 e. The molecule has 1 unspecified atom stereocenters. The van der Waals surface area contributed by atoms with Gasteiger partial charge in [0.05, 0.1) is 5.92 Å². The van der Waals surface area contributed by atoms with Crippen molar-refractivity contribution in [2.24, 2.45) is 0 Å². The molecule has 0 fully saturated rings. The third-order valence-corrected chi connectivity index (χ3v) is 3.66. The first-order valence-electron chi connectivity index (χ1n) is 5.89. The van der Waals surface area contributed by atoms with Gasteiger partial charge in [-0.2, -0.15) is 0 Å². The number of hydrogen-bond donors (Lipinski definition) is 1. The molecule has 0 bridgehead atoms. The molecule has 1 amide bonds. The lowest BCUT2D eigenvalue weighted by Crippen LogP contribution is -2.14. The molecule has 0 spiro atoms. The monoisotopic (exact) mass is 257 g/mol. The average Bonchev–Trinajstić information content (AvgIpc) is 2.69. The summed E-state index contributed by atoms with van der Waals surface area (Å²) in [6.07, 6.45) is 0.641. The summed E-state index contributed by atoms with van der Waals surface area (Å²) in [5.74, 6) is -0.0859. The Labute approximate surface area is 111 Å². The predicted molar refractivity (Wildman–Crippen MR) is 73.0 cm³/mol. The Hall–Kier alpha value is -1.80. The summed E-state index contributed by atoms with van der Waals surface area (Å²) in [7, 11) is 0. The van der Waals surface area contributed by atoms with Crippen molar-refractivity contribution in [1.29, 1.82) is 0 Å². The van der Waals surface area contributed by atoms with Crippen molar-refractivity contribution in [3.05, 3.63) is 64.7 Å². The van der Waals surface area contributed by atoms with Gasteiger partial charge in [-0.3, -0.25) is 4.79 Å². The molecule has 0 aliphatic carbocycles. The molecule has 1 N–H and O–H groups in total. The Morgan fingerprint density at radius 2 is 1.78 bits per heavy atom. The zero-order chi connectivity index (χ0) is 12.5. The molecule has 1 atom stereocenters. The SMILES string of the molecule is O=C1Nc2ccccc2C1Cc1ccccc1Cl. The fourth-order valence-electron chi connectivity index (χ4n) is 2.36. The number of anilines is 1. The molecule has 1 heterocycles. The van der Waals surface area contributed by atoms with Crippen molar-refractivity contribution in [1.82, 2.24) is 0 Å². The van der Waals surface area contributed by atoms with Crippen LogP contribution < -0.4 is 5.32 Å². The van der Waals surface area contributed by atoms with Crippen LogP contribution in [0.3, 0.4) is 0 Å². The summed E-state index contributed by atoms with van der Waals surface area (Å²) in [6.45, 7) is 0. The Bertz CT molecular complexity index is 609. The lowest BCUT2D eigenvalue weighted by Gasteiger charge is -2.10. The van der Waals surface area contributed by atoms with Gasteiger partial charge in [-0.15, -0.1) is 0 Å². The number of benzene rings is 2. The van der Waals surface area contributed by atoms with E-state index in [0.717, 1.165) is 21.8 Å². The van der Waals surface area contributed by atoms with Gasteiger partial charge in [-0.1, -0.05) is 48.0 Å². The molecule has 2 aromatic rings. The lowest BCUT2D eigenvalue weighted by molar-refractivity contribution is -0.117. The highest BCUT2D eigenvalue weighted by atomic mass is 35.5. The minimum atomic E-state index is -0.138. The number of fused-ring (bicyclic) bond motifs is 1. The molecule has 2 aromatic carbocycles. The van der Waals surface area contributed by atoms with E-state index in [2.05, 4.69) is 5.32 Å². The van der Waals surface area contributed by atoms with Gasteiger partial charge in [-0.05, 0) is 29.7 Å². The number of carbonyl (C=O) groups excluding carboxylic acids is 1. The van der Waals surface area contributed by atoms with E-state index in [0.29, 0.717) is 6.42 Å². The molecule has 3 rings (SSSR count). The summed E-state index contributed by atoms with van der Waals surface area (Å²) < 4.78 is 0. The highest BCUT2D eigenvalue weighted by Gasteiger charge is 2.30.